The molecule has 1 heterocycles. The van der Waals surface area contributed by atoms with E-state index in [9.17, 15) is 4.79 Å². The summed E-state index contributed by atoms with van der Waals surface area (Å²) in [7, 11) is 1.65. The van der Waals surface area contributed by atoms with Gasteiger partial charge in [-0.25, -0.2) is 9.48 Å². The van der Waals surface area contributed by atoms with E-state index in [1.807, 2.05) is 54.9 Å². The number of nitrogens with one attached hydrogen (secondary N) is 2. The summed E-state index contributed by atoms with van der Waals surface area (Å²) in [5.41, 5.74) is 4.60. The van der Waals surface area contributed by atoms with Crippen molar-refractivity contribution in [3.8, 4) is 5.75 Å². The first kappa shape index (κ1) is 17.7. The van der Waals surface area contributed by atoms with Crippen molar-refractivity contribution in [1.29, 1.82) is 0 Å². The predicted octanol–water partition coefficient (Wildman–Crippen LogP) is 3.27. The molecule has 7 nitrogen and oxygen atoms in total. The van der Waals surface area contributed by atoms with Gasteiger partial charge in [0.25, 0.3) is 0 Å². The molecule has 0 aliphatic carbocycles. The molecule has 7 heteroatoms. The Morgan fingerprint density at radius 3 is 2.65 bits per heavy atom. The second-order valence-electron chi connectivity index (χ2n) is 6.18. The van der Waals surface area contributed by atoms with Crippen LogP contribution in [0.15, 0.2) is 36.4 Å². The van der Waals surface area contributed by atoms with Crippen molar-refractivity contribution in [3.63, 3.8) is 0 Å². The van der Waals surface area contributed by atoms with Gasteiger partial charge in [-0.1, -0.05) is 17.3 Å². The molecule has 0 aliphatic rings. The summed E-state index contributed by atoms with van der Waals surface area (Å²) in [6, 6.07) is 11.4. The lowest BCUT2D eigenvalue weighted by atomic mass is 10.1. The van der Waals surface area contributed by atoms with E-state index in [1.165, 1.54) is 0 Å². The summed E-state index contributed by atoms with van der Waals surface area (Å²) in [5, 5.41) is 14.0. The van der Waals surface area contributed by atoms with E-state index < -0.39 is 0 Å². The van der Waals surface area contributed by atoms with Gasteiger partial charge in [0, 0.05) is 18.8 Å². The van der Waals surface area contributed by atoms with Crippen molar-refractivity contribution < 1.29 is 9.53 Å². The number of benzene rings is 2. The third kappa shape index (κ3) is 3.93. The Morgan fingerprint density at radius 2 is 1.92 bits per heavy atom. The topological polar surface area (TPSA) is 81.1 Å². The molecule has 3 rings (SSSR count). The van der Waals surface area contributed by atoms with Crippen molar-refractivity contribution in [3.05, 3.63) is 47.5 Å². The Bertz CT molecular complexity index is 896. The van der Waals surface area contributed by atoms with E-state index in [0.29, 0.717) is 13.1 Å². The number of amides is 2. The van der Waals surface area contributed by atoms with Gasteiger partial charge in [0.15, 0.2) is 0 Å². The maximum Gasteiger partial charge on any atom is 0.319 e. The second kappa shape index (κ2) is 7.86. The molecule has 0 saturated heterocycles. The third-order valence-electron chi connectivity index (χ3n) is 4.17. The van der Waals surface area contributed by atoms with E-state index in [-0.39, 0.29) is 6.03 Å². The fourth-order valence-corrected chi connectivity index (χ4v) is 3.03. The van der Waals surface area contributed by atoms with E-state index in [2.05, 4.69) is 20.9 Å². The number of rotatable bonds is 6. The highest BCUT2D eigenvalue weighted by Crippen LogP contribution is 2.26. The highest BCUT2D eigenvalue weighted by molar-refractivity contribution is 5.89. The second-order valence-corrected chi connectivity index (χ2v) is 6.18. The molecule has 0 atom stereocenters. The smallest absolute Gasteiger partial charge is 0.319 e. The summed E-state index contributed by atoms with van der Waals surface area (Å²) in [4.78, 5) is 12.1. The molecular weight excluding hydrogens is 330 g/mol. The average molecular weight is 353 g/mol. The molecule has 2 aromatic carbocycles. The Kier molecular flexibility index (Phi) is 5.36. The van der Waals surface area contributed by atoms with Gasteiger partial charge in [0.2, 0.25) is 0 Å². The zero-order valence-corrected chi connectivity index (χ0v) is 15.2. The molecule has 2 amide bonds. The monoisotopic (exact) mass is 353 g/mol. The zero-order chi connectivity index (χ0) is 18.5. The molecule has 0 unspecified atom stereocenters. The number of nitrogens with zero attached hydrogens (tertiary/aromatic N) is 3. The first-order valence-corrected chi connectivity index (χ1v) is 8.57. The summed E-state index contributed by atoms with van der Waals surface area (Å²) < 4.78 is 7.19. The van der Waals surface area contributed by atoms with Crippen molar-refractivity contribution in [2.75, 3.05) is 19.0 Å². The lowest BCUT2D eigenvalue weighted by molar-refractivity contribution is 0.251. The Balaban J connectivity index is 1.49. The van der Waals surface area contributed by atoms with Gasteiger partial charge in [0.05, 0.1) is 12.6 Å². The molecule has 0 bridgehead atoms. The van der Waals surface area contributed by atoms with Gasteiger partial charge >= 0.3 is 6.03 Å². The molecule has 0 aliphatic heterocycles. The molecule has 1 aromatic heterocycles. The predicted molar refractivity (Wildman–Crippen MR) is 102 cm³/mol. The highest BCUT2D eigenvalue weighted by atomic mass is 16.5. The van der Waals surface area contributed by atoms with Crippen LogP contribution in [-0.2, 0) is 6.54 Å². The van der Waals surface area contributed by atoms with Gasteiger partial charge in [-0.15, -0.1) is 5.10 Å². The van der Waals surface area contributed by atoms with Gasteiger partial charge in [-0.05, 0) is 55.7 Å². The maximum atomic E-state index is 12.1. The van der Waals surface area contributed by atoms with Crippen LogP contribution in [-0.4, -0.2) is 34.7 Å². The first-order valence-electron chi connectivity index (χ1n) is 8.57. The number of aryl methyl sites for hydroxylation is 3. The van der Waals surface area contributed by atoms with Crippen molar-refractivity contribution in [1.82, 2.24) is 20.3 Å². The number of methoxy groups -OCH3 is 1. The van der Waals surface area contributed by atoms with Crippen LogP contribution in [0, 0.1) is 13.8 Å². The van der Waals surface area contributed by atoms with Gasteiger partial charge in [-0.3, -0.25) is 0 Å². The van der Waals surface area contributed by atoms with Crippen LogP contribution in [0.2, 0.25) is 0 Å². The van der Waals surface area contributed by atoms with Crippen molar-refractivity contribution in [2.24, 2.45) is 0 Å². The fourth-order valence-electron chi connectivity index (χ4n) is 3.03. The molecule has 0 radical (unpaired) electrons. The standard InChI is InChI=1S/C19H23N5O2/c1-13-11-15(12-14(2)18(13)26-3)21-19(25)20-9-6-10-24-17-8-5-4-7-16(17)22-23-24/h4-5,7-8,11-12H,6,9-10H2,1-3H3,(H2,20,21,25). The SMILES string of the molecule is COc1c(C)cc(NC(=O)NCCCn2nnc3ccccc32)cc1C. The molecule has 0 fully saturated rings. The fraction of sp³-hybridized carbons (Fsp3) is 0.316. The normalized spacial score (nSPS) is 10.7. The van der Waals surface area contributed by atoms with Crippen LogP contribution in [0.4, 0.5) is 10.5 Å². The Morgan fingerprint density at radius 1 is 1.19 bits per heavy atom. The number of hydrogen-bond acceptors (Lipinski definition) is 4. The van der Waals surface area contributed by atoms with Crippen molar-refractivity contribution >= 4 is 22.8 Å². The number of carbonyl (C=O) groups is 1. The van der Waals surface area contributed by atoms with E-state index in [0.717, 1.165) is 40.0 Å². The van der Waals surface area contributed by atoms with E-state index >= 15 is 0 Å². The minimum atomic E-state index is -0.225. The molecule has 2 N–H and O–H groups in total. The molecule has 0 saturated carbocycles. The van der Waals surface area contributed by atoms with E-state index in [4.69, 9.17) is 4.74 Å². The van der Waals surface area contributed by atoms with E-state index in [1.54, 1.807) is 7.11 Å². The Hall–Kier alpha value is -3.09. The lowest BCUT2D eigenvalue weighted by Gasteiger charge is -2.13. The average Bonchev–Trinajstić information content (AvgIpc) is 3.02. The van der Waals surface area contributed by atoms with Crippen LogP contribution in [0.3, 0.4) is 0 Å². The number of hydrogen-bond donors (Lipinski definition) is 2. The highest BCUT2D eigenvalue weighted by Gasteiger charge is 2.08. The van der Waals surface area contributed by atoms with Crippen LogP contribution in [0.5, 0.6) is 5.75 Å². The molecule has 26 heavy (non-hydrogen) atoms. The van der Waals surface area contributed by atoms with Crippen LogP contribution < -0.4 is 15.4 Å². The molecule has 0 spiro atoms. The number of ether oxygens (including phenoxy) is 1. The number of fused-ring (bicyclic) bond motifs is 1. The quantitative estimate of drug-likeness (QED) is 0.667. The summed E-state index contributed by atoms with van der Waals surface area (Å²) in [5.74, 6) is 0.844. The first-order chi connectivity index (χ1) is 12.6. The minimum Gasteiger partial charge on any atom is -0.496 e. The number of carbonyl (C=O) groups excluding carboxylic acids is 1. The minimum absolute atomic E-state index is 0.225. The molecule has 3 aromatic rings. The van der Waals surface area contributed by atoms with Crippen LogP contribution in [0.25, 0.3) is 11.0 Å². The largest absolute Gasteiger partial charge is 0.496 e. The number of aromatic nitrogens is 3. The van der Waals surface area contributed by atoms with Gasteiger partial charge in [-0.2, -0.15) is 0 Å². The third-order valence-corrected chi connectivity index (χ3v) is 4.17. The summed E-state index contributed by atoms with van der Waals surface area (Å²) in [6.07, 6.45) is 0.765. The van der Waals surface area contributed by atoms with Crippen LogP contribution in [0.1, 0.15) is 17.5 Å². The molecular formula is C19H23N5O2. The number of urea groups is 1. The maximum absolute atomic E-state index is 12.1. The van der Waals surface area contributed by atoms with Crippen LogP contribution >= 0.6 is 0 Å². The zero-order valence-electron chi connectivity index (χ0n) is 15.2. The number of anilines is 1. The Labute approximate surface area is 152 Å². The summed E-state index contributed by atoms with van der Waals surface area (Å²) >= 11 is 0. The molecule has 136 valence electrons. The number of para-hydroxylation sites is 1. The van der Waals surface area contributed by atoms with Gasteiger partial charge < -0.3 is 15.4 Å². The van der Waals surface area contributed by atoms with Crippen molar-refractivity contribution in [2.45, 2.75) is 26.8 Å². The lowest BCUT2D eigenvalue weighted by Crippen LogP contribution is -2.30. The van der Waals surface area contributed by atoms with Gasteiger partial charge in [0.1, 0.15) is 11.3 Å². The summed E-state index contributed by atoms with van der Waals surface area (Å²) in [6.45, 7) is 5.16.